The van der Waals surface area contributed by atoms with E-state index in [0.717, 1.165) is 42.8 Å². The average molecular weight is 494 g/mol. The minimum absolute atomic E-state index is 0.0677. The van der Waals surface area contributed by atoms with Crippen LogP contribution in [0, 0.1) is 11.8 Å². The third kappa shape index (κ3) is 4.83. The third-order valence-corrected chi connectivity index (χ3v) is 10.2. The zero-order valence-electron chi connectivity index (χ0n) is 21.6. The number of carboxylic acids is 1. The van der Waals surface area contributed by atoms with Crippen LogP contribution >= 0.6 is 0 Å². The Morgan fingerprint density at radius 3 is 2.14 bits per heavy atom. The van der Waals surface area contributed by atoms with Crippen molar-refractivity contribution in [1.29, 1.82) is 0 Å². The maximum Gasteiger partial charge on any atom is 0.320 e. The van der Waals surface area contributed by atoms with E-state index >= 15 is 0 Å². The predicted octanol–water partition coefficient (Wildman–Crippen LogP) is 4.92. The Morgan fingerprint density at radius 2 is 1.47 bits per heavy atom. The zero-order valence-corrected chi connectivity index (χ0v) is 21.6. The summed E-state index contributed by atoms with van der Waals surface area (Å²) in [6.07, 6.45) is 15.9. The van der Waals surface area contributed by atoms with Gasteiger partial charge in [-0.25, -0.2) is 0 Å². The highest BCUT2D eigenvalue weighted by Gasteiger charge is 2.47. The Hall–Kier alpha value is -1.92. The SMILES string of the molecule is O=C(O)C1CCCN1CC(=O)N(c1ccccc1)C1C[C@H]2CCC[C@@H](C1)N2C1C[C@H]2CCC[C@@H](C1)C2. The summed E-state index contributed by atoms with van der Waals surface area (Å²) < 4.78 is 0. The highest BCUT2D eigenvalue weighted by atomic mass is 16.4. The van der Waals surface area contributed by atoms with Gasteiger partial charge in [0.05, 0.1) is 6.54 Å². The normalized spacial score (nSPS) is 36.9. The quantitative estimate of drug-likeness (QED) is 0.609. The number of fused-ring (bicyclic) bond motifs is 4. The first-order valence-electron chi connectivity index (χ1n) is 14.7. The highest BCUT2D eigenvalue weighted by Crippen LogP contribution is 2.46. The molecule has 3 saturated heterocycles. The van der Waals surface area contributed by atoms with Crippen LogP contribution in [-0.4, -0.2) is 70.1 Å². The second-order valence-electron chi connectivity index (χ2n) is 12.4. The molecule has 1 amide bonds. The molecule has 3 aliphatic heterocycles. The lowest BCUT2D eigenvalue weighted by Crippen LogP contribution is -2.62. The Kier molecular flexibility index (Phi) is 7.09. The van der Waals surface area contributed by atoms with Crippen molar-refractivity contribution in [1.82, 2.24) is 9.80 Å². The summed E-state index contributed by atoms with van der Waals surface area (Å²) in [5.41, 5.74) is 0.970. The van der Waals surface area contributed by atoms with E-state index < -0.39 is 12.0 Å². The highest BCUT2D eigenvalue weighted by molar-refractivity contribution is 5.95. The van der Waals surface area contributed by atoms with Crippen LogP contribution in [0.1, 0.15) is 83.5 Å². The molecule has 6 heteroatoms. The van der Waals surface area contributed by atoms with Gasteiger partial charge in [0, 0.05) is 29.9 Å². The number of likely N-dealkylation sites (tertiary alicyclic amines) is 1. The number of hydrogen-bond donors (Lipinski definition) is 1. The molecule has 0 spiro atoms. The van der Waals surface area contributed by atoms with Gasteiger partial charge in [-0.15, -0.1) is 0 Å². The number of aliphatic carboxylic acids is 1. The molecule has 5 aliphatic rings. The van der Waals surface area contributed by atoms with E-state index in [1.54, 1.807) is 0 Å². The fourth-order valence-corrected chi connectivity index (χ4v) is 8.83. The predicted molar refractivity (Wildman–Crippen MR) is 141 cm³/mol. The first kappa shape index (κ1) is 24.4. The van der Waals surface area contributed by atoms with E-state index in [2.05, 4.69) is 21.9 Å². The van der Waals surface area contributed by atoms with E-state index in [0.29, 0.717) is 25.0 Å². The second kappa shape index (κ2) is 10.4. The van der Waals surface area contributed by atoms with Crippen molar-refractivity contribution in [2.45, 2.75) is 114 Å². The molecule has 0 radical (unpaired) electrons. The number of carbonyl (C=O) groups is 2. The first-order chi connectivity index (χ1) is 17.6. The Morgan fingerprint density at radius 1 is 0.806 bits per heavy atom. The van der Waals surface area contributed by atoms with Gasteiger partial charge in [0.1, 0.15) is 6.04 Å². The largest absolute Gasteiger partial charge is 0.480 e. The van der Waals surface area contributed by atoms with Gasteiger partial charge >= 0.3 is 5.97 Å². The van der Waals surface area contributed by atoms with Gasteiger partial charge in [0.25, 0.3) is 0 Å². The Labute approximate surface area is 216 Å². The molecule has 5 fully saturated rings. The van der Waals surface area contributed by atoms with Crippen molar-refractivity contribution in [3.05, 3.63) is 30.3 Å². The molecular formula is C30H43N3O3. The average Bonchev–Trinajstić information content (AvgIpc) is 3.32. The van der Waals surface area contributed by atoms with Crippen LogP contribution < -0.4 is 4.90 Å². The summed E-state index contributed by atoms with van der Waals surface area (Å²) in [7, 11) is 0. The number of carbonyl (C=O) groups excluding carboxylic acids is 1. The van der Waals surface area contributed by atoms with Crippen LogP contribution in [0.5, 0.6) is 0 Å². The number of anilines is 1. The van der Waals surface area contributed by atoms with Crippen LogP contribution in [0.4, 0.5) is 5.69 Å². The van der Waals surface area contributed by atoms with E-state index in [4.69, 9.17) is 0 Å². The van der Waals surface area contributed by atoms with Gasteiger partial charge < -0.3 is 10.0 Å². The van der Waals surface area contributed by atoms with Crippen molar-refractivity contribution in [2.75, 3.05) is 18.0 Å². The lowest BCUT2D eigenvalue weighted by atomic mass is 9.68. The monoisotopic (exact) mass is 493 g/mol. The van der Waals surface area contributed by atoms with Crippen molar-refractivity contribution in [3.63, 3.8) is 0 Å². The topological polar surface area (TPSA) is 64.1 Å². The van der Waals surface area contributed by atoms with Gasteiger partial charge in [0.15, 0.2) is 0 Å². The summed E-state index contributed by atoms with van der Waals surface area (Å²) in [5, 5.41) is 9.65. The standard InChI is InChI=1S/C30H43N3O3/c34-29(20-31-14-6-13-28(31)30(35)36)33(23-9-2-1-3-10-23)27-18-24-11-5-12-25(19-27)32(24)26-16-21-7-4-8-22(15-21)17-26/h1-3,9-10,21-22,24-28H,4-8,11-20H2,(H,35,36)/t21-,22+,24-,25+,26?,27?,28?. The lowest BCUT2D eigenvalue weighted by molar-refractivity contribution is -0.142. The number of rotatable bonds is 6. The fraction of sp³-hybridized carbons (Fsp3) is 0.733. The number of carboxylic acid groups (broad SMARTS) is 1. The molecule has 1 N–H and O–H groups in total. The Balaban J connectivity index is 1.22. The number of amides is 1. The number of piperidine rings is 2. The number of benzene rings is 1. The molecular weight excluding hydrogens is 450 g/mol. The molecule has 2 aliphatic carbocycles. The van der Waals surface area contributed by atoms with Gasteiger partial charge in [-0.05, 0) is 88.3 Å². The summed E-state index contributed by atoms with van der Waals surface area (Å²) in [6, 6.07) is 11.7. The molecule has 6 nitrogen and oxygen atoms in total. The molecule has 3 heterocycles. The zero-order chi connectivity index (χ0) is 24.6. The van der Waals surface area contributed by atoms with Crippen LogP contribution in [0.25, 0.3) is 0 Å². The van der Waals surface area contributed by atoms with E-state index in [1.165, 1.54) is 57.8 Å². The molecule has 0 aromatic heterocycles. The third-order valence-electron chi connectivity index (χ3n) is 10.2. The van der Waals surface area contributed by atoms with Gasteiger partial charge in [-0.2, -0.15) is 0 Å². The second-order valence-corrected chi connectivity index (χ2v) is 12.4. The number of para-hydroxylation sites is 1. The van der Waals surface area contributed by atoms with Crippen molar-refractivity contribution in [2.24, 2.45) is 11.8 Å². The van der Waals surface area contributed by atoms with Crippen molar-refractivity contribution in [3.8, 4) is 0 Å². The number of hydrogen-bond acceptors (Lipinski definition) is 4. The summed E-state index contributed by atoms with van der Waals surface area (Å²) in [4.78, 5) is 32.5. The molecule has 1 aromatic rings. The van der Waals surface area contributed by atoms with Crippen LogP contribution in [-0.2, 0) is 9.59 Å². The van der Waals surface area contributed by atoms with Crippen molar-refractivity contribution >= 4 is 17.6 Å². The summed E-state index contributed by atoms with van der Waals surface area (Å²) in [5.74, 6) is 1.14. The van der Waals surface area contributed by atoms with Crippen molar-refractivity contribution < 1.29 is 14.7 Å². The minimum Gasteiger partial charge on any atom is -0.480 e. The molecule has 4 bridgehead atoms. The van der Waals surface area contributed by atoms with E-state index in [9.17, 15) is 14.7 Å². The first-order valence-corrected chi connectivity index (χ1v) is 14.7. The fourth-order valence-electron chi connectivity index (χ4n) is 8.83. The lowest BCUT2D eigenvalue weighted by Gasteiger charge is -2.56. The van der Waals surface area contributed by atoms with Gasteiger partial charge in [0.2, 0.25) is 5.91 Å². The number of nitrogens with zero attached hydrogens (tertiary/aromatic N) is 3. The molecule has 1 aromatic carbocycles. The summed E-state index contributed by atoms with van der Waals surface area (Å²) in [6.45, 7) is 0.895. The van der Waals surface area contributed by atoms with Crippen LogP contribution in [0.3, 0.4) is 0 Å². The molecule has 6 rings (SSSR count). The van der Waals surface area contributed by atoms with Crippen LogP contribution in [0.15, 0.2) is 30.3 Å². The Bertz CT molecular complexity index is 913. The van der Waals surface area contributed by atoms with Gasteiger partial charge in [-0.3, -0.25) is 19.4 Å². The maximum atomic E-state index is 13.9. The van der Waals surface area contributed by atoms with E-state index in [1.807, 2.05) is 23.1 Å². The molecule has 3 unspecified atom stereocenters. The molecule has 36 heavy (non-hydrogen) atoms. The molecule has 2 saturated carbocycles. The van der Waals surface area contributed by atoms with E-state index in [-0.39, 0.29) is 18.5 Å². The molecule has 7 atom stereocenters. The van der Waals surface area contributed by atoms with Crippen LogP contribution in [0.2, 0.25) is 0 Å². The minimum atomic E-state index is -0.799. The van der Waals surface area contributed by atoms with Gasteiger partial charge in [-0.1, -0.05) is 43.9 Å². The molecule has 196 valence electrons. The maximum absolute atomic E-state index is 13.9. The smallest absolute Gasteiger partial charge is 0.320 e. The summed E-state index contributed by atoms with van der Waals surface area (Å²) >= 11 is 0.